The molecule has 1 aromatic heterocycles. The Kier molecular flexibility index (Phi) is 2.19. The number of nitrogens with one attached hydrogen (secondary N) is 1. The fourth-order valence-electron chi connectivity index (χ4n) is 2.55. The minimum absolute atomic E-state index is 0.0836. The minimum atomic E-state index is 0.0836. The highest BCUT2D eigenvalue weighted by molar-refractivity contribution is 5.81. The molecule has 4 heteroatoms. The summed E-state index contributed by atoms with van der Waals surface area (Å²) in [5.74, 6) is 0.196. The zero-order chi connectivity index (χ0) is 12.0. The zero-order valence-corrected chi connectivity index (χ0v) is 9.66. The van der Waals surface area contributed by atoms with E-state index in [1.165, 1.54) is 0 Å². The van der Waals surface area contributed by atoms with Crippen molar-refractivity contribution in [3.63, 3.8) is 0 Å². The SMILES string of the molecule is Cn1c2c(c(=O)c3ccc(O)cc31)CNCC2. The molecule has 0 saturated heterocycles. The molecule has 0 saturated carbocycles. The smallest absolute Gasteiger partial charge is 0.194 e. The van der Waals surface area contributed by atoms with E-state index in [0.717, 1.165) is 29.7 Å². The predicted molar refractivity (Wildman–Crippen MR) is 66.3 cm³/mol. The summed E-state index contributed by atoms with van der Waals surface area (Å²) in [5, 5.41) is 13.4. The number of hydrogen-bond acceptors (Lipinski definition) is 3. The average Bonchev–Trinajstić information content (AvgIpc) is 2.36. The number of nitrogens with zero attached hydrogens (tertiary/aromatic N) is 1. The highest BCUT2D eigenvalue weighted by Crippen LogP contribution is 2.21. The molecule has 1 aliphatic heterocycles. The van der Waals surface area contributed by atoms with Gasteiger partial charge in [-0.05, 0) is 12.1 Å². The van der Waals surface area contributed by atoms with Crippen LogP contribution in [0.1, 0.15) is 11.3 Å². The molecule has 88 valence electrons. The van der Waals surface area contributed by atoms with E-state index in [-0.39, 0.29) is 11.2 Å². The van der Waals surface area contributed by atoms with Gasteiger partial charge in [0.15, 0.2) is 5.43 Å². The maximum absolute atomic E-state index is 12.3. The zero-order valence-electron chi connectivity index (χ0n) is 9.66. The molecule has 3 rings (SSSR count). The quantitative estimate of drug-likeness (QED) is 0.706. The maximum Gasteiger partial charge on any atom is 0.194 e. The van der Waals surface area contributed by atoms with Crippen LogP contribution in [0.3, 0.4) is 0 Å². The van der Waals surface area contributed by atoms with Crippen LogP contribution in [0.5, 0.6) is 5.75 Å². The number of rotatable bonds is 0. The highest BCUT2D eigenvalue weighted by Gasteiger charge is 2.17. The molecule has 1 aromatic carbocycles. The molecule has 0 radical (unpaired) electrons. The Morgan fingerprint density at radius 1 is 1.41 bits per heavy atom. The summed E-state index contributed by atoms with van der Waals surface area (Å²) in [4.78, 5) is 12.3. The highest BCUT2D eigenvalue weighted by atomic mass is 16.3. The topological polar surface area (TPSA) is 54.3 Å². The van der Waals surface area contributed by atoms with Crippen LogP contribution < -0.4 is 10.7 Å². The van der Waals surface area contributed by atoms with E-state index in [2.05, 4.69) is 5.32 Å². The lowest BCUT2D eigenvalue weighted by atomic mass is 10.0. The van der Waals surface area contributed by atoms with Gasteiger partial charge in [-0.3, -0.25) is 4.79 Å². The second-order valence-corrected chi connectivity index (χ2v) is 4.44. The number of aromatic hydroxyl groups is 1. The Labute approximate surface area is 98.5 Å². The standard InChI is InChI=1S/C13H14N2O2/c1-15-11-4-5-14-7-10(11)13(17)9-3-2-8(16)6-12(9)15/h2-3,6,14,16H,4-5,7H2,1H3. The van der Waals surface area contributed by atoms with Crippen molar-refractivity contribution >= 4 is 10.9 Å². The third-order valence-electron chi connectivity index (χ3n) is 3.45. The molecule has 0 spiro atoms. The van der Waals surface area contributed by atoms with Crippen molar-refractivity contribution in [2.75, 3.05) is 6.54 Å². The van der Waals surface area contributed by atoms with Crippen molar-refractivity contribution in [3.8, 4) is 5.75 Å². The van der Waals surface area contributed by atoms with Crippen molar-refractivity contribution in [2.24, 2.45) is 7.05 Å². The van der Waals surface area contributed by atoms with Crippen LogP contribution in [0.15, 0.2) is 23.0 Å². The first-order chi connectivity index (χ1) is 8.18. The van der Waals surface area contributed by atoms with E-state index in [0.29, 0.717) is 11.9 Å². The fraction of sp³-hybridized carbons (Fsp3) is 0.308. The summed E-state index contributed by atoms with van der Waals surface area (Å²) in [7, 11) is 1.95. The van der Waals surface area contributed by atoms with Crippen LogP contribution in [0.25, 0.3) is 10.9 Å². The Hall–Kier alpha value is -1.81. The number of aryl methyl sites for hydroxylation is 1. The van der Waals surface area contributed by atoms with Gasteiger partial charge < -0.3 is 15.0 Å². The Morgan fingerprint density at radius 3 is 3.06 bits per heavy atom. The van der Waals surface area contributed by atoms with Gasteiger partial charge in [-0.25, -0.2) is 0 Å². The minimum Gasteiger partial charge on any atom is -0.508 e. The first kappa shape index (κ1) is 10.4. The Morgan fingerprint density at radius 2 is 2.24 bits per heavy atom. The van der Waals surface area contributed by atoms with Crippen molar-refractivity contribution in [2.45, 2.75) is 13.0 Å². The number of benzene rings is 1. The van der Waals surface area contributed by atoms with Crippen molar-refractivity contribution in [1.82, 2.24) is 9.88 Å². The van der Waals surface area contributed by atoms with Gasteiger partial charge in [0.2, 0.25) is 0 Å². The molecule has 0 unspecified atom stereocenters. The summed E-state index contributed by atoms with van der Waals surface area (Å²) >= 11 is 0. The van der Waals surface area contributed by atoms with Crippen LogP contribution in [0.4, 0.5) is 0 Å². The average molecular weight is 230 g/mol. The molecule has 2 aromatic rings. The van der Waals surface area contributed by atoms with Crippen LogP contribution in [-0.2, 0) is 20.0 Å². The van der Waals surface area contributed by atoms with Crippen molar-refractivity contribution in [1.29, 1.82) is 0 Å². The van der Waals surface area contributed by atoms with Gasteiger partial charge in [0.25, 0.3) is 0 Å². The van der Waals surface area contributed by atoms with Gasteiger partial charge >= 0.3 is 0 Å². The van der Waals surface area contributed by atoms with Crippen LogP contribution in [-0.4, -0.2) is 16.2 Å². The summed E-state index contributed by atoms with van der Waals surface area (Å²) in [6, 6.07) is 4.91. The van der Waals surface area contributed by atoms with Gasteiger partial charge in [0, 0.05) is 49.3 Å². The lowest BCUT2D eigenvalue weighted by Gasteiger charge is -2.21. The molecule has 0 bridgehead atoms. The first-order valence-electron chi connectivity index (χ1n) is 5.72. The van der Waals surface area contributed by atoms with Gasteiger partial charge in [0.1, 0.15) is 5.75 Å². The molecule has 2 heterocycles. The molecule has 4 nitrogen and oxygen atoms in total. The monoisotopic (exact) mass is 230 g/mol. The number of phenols is 1. The number of phenolic OH excluding ortho intramolecular Hbond substituents is 1. The van der Waals surface area contributed by atoms with Gasteiger partial charge in [-0.15, -0.1) is 0 Å². The second-order valence-electron chi connectivity index (χ2n) is 4.44. The van der Waals surface area contributed by atoms with E-state index >= 15 is 0 Å². The normalized spacial score (nSPS) is 14.9. The van der Waals surface area contributed by atoms with E-state index < -0.39 is 0 Å². The van der Waals surface area contributed by atoms with E-state index in [1.807, 2.05) is 11.6 Å². The fourth-order valence-corrected chi connectivity index (χ4v) is 2.55. The van der Waals surface area contributed by atoms with E-state index in [1.54, 1.807) is 18.2 Å². The molecule has 0 aliphatic carbocycles. The predicted octanol–water partition coefficient (Wildman–Crippen LogP) is 0.890. The van der Waals surface area contributed by atoms with Crippen LogP contribution >= 0.6 is 0 Å². The van der Waals surface area contributed by atoms with Crippen LogP contribution in [0, 0.1) is 0 Å². The van der Waals surface area contributed by atoms with Crippen molar-refractivity contribution in [3.05, 3.63) is 39.7 Å². The molecule has 0 fully saturated rings. The molecule has 1 aliphatic rings. The lowest BCUT2D eigenvalue weighted by molar-refractivity contribution is 0.475. The number of aromatic nitrogens is 1. The molecular formula is C13H14N2O2. The van der Waals surface area contributed by atoms with Gasteiger partial charge in [-0.1, -0.05) is 0 Å². The second kappa shape index (κ2) is 3.60. The Balaban J connectivity index is 2.47. The van der Waals surface area contributed by atoms with Gasteiger partial charge in [0.05, 0.1) is 5.52 Å². The van der Waals surface area contributed by atoms with E-state index in [4.69, 9.17) is 0 Å². The Bertz CT molecular complexity index is 658. The maximum atomic E-state index is 12.3. The lowest BCUT2D eigenvalue weighted by Crippen LogP contribution is -2.32. The first-order valence-corrected chi connectivity index (χ1v) is 5.72. The van der Waals surface area contributed by atoms with Crippen molar-refractivity contribution < 1.29 is 5.11 Å². The number of hydrogen-bond donors (Lipinski definition) is 2. The molecular weight excluding hydrogens is 216 g/mol. The number of fused-ring (bicyclic) bond motifs is 2. The van der Waals surface area contributed by atoms with Gasteiger partial charge in [-0.2, -0.15) is 0 Å². The third kappa shape index (κ3) is 1.45. The third-order valence-corrected chi connectivity index (χ3v) is 3.45. The summed E-state index contributed by atoms with van der Waals surface area (Å²) in [6.45, 7) is 1.53. The van der Waals surface area contributed by atoms with E-state index in [9.17, 15) is 9.90 Å². The molecule has 0 atom stereocenters. The van der Waals surface area contributed by atoms with Crippen LogP contribution in [0.2, 0.25) is 0 Å². The summed E-state index contributed by atoms with van der Waals surface area (Å²) < 4.78 is 2.02. The largest absolute Gasteiger partial charge is 0.508 e. The number of pyridine rings is 1. The molecule has 17 heavy (non-hydrogen) atoms. The summed E-state index contributed by atoms with van der Waals surface area (Å²) in [6.07, 6.45) is 0.854. The summed E-state index contributed by atoms with van der Waals surface area (Å²) in [5.41, 5.74) is 2.82. The molecule has 0 amide bonds. The molecule has 2 N–H and O–H groups in total.